The lowest BCUT2D eigenvalue weighted by Crippen LogP contribution is -2.41. The maximum atomic E-state index is 11.0. The van der Waals surface area contributed by atoms with Crippen LogP contribution in [0.4, 0.5) is 0 Å². The summed E-state index contributed by atoms with van der Waals surface area (Å²) in [5.74, 6) is -0.597. The number of ether oxygens (including phenoxy) is 1. The van der Waals surface area contributed by atoms with Crippen molar-refractivity contribution in [2.24, 2.45) is 17.2 Å². The van der Waals surface area contributed by atoms with Crippen molar-refractivity contribution in [3.63, 3.8) is 0 Å². The fourth-order valence-electron chi connectivity index (χ4n) is 2.35. The molecule has 140 valence electrons. The summed E-state index contributed by atoms with van der Waals surface area (Å²) in [6.45, 7) is 2.06. The molecule has 2 unspecified atom stereocenters. The zero-order valence-corrected chi connectivity index (χ0v) is 14.6. The summed E-state index contributed by atoms with van der Waals surface area (Å²) < 4.78 is 5.06. The zero-order valence-electron chi connectivity index (χ0n) is 14.6. The second kappa shape index (κ2) is 13.4. The standard InChI is InChI=1S/C15H33N7O2/c1-11(23)24-13(22-15(19)20)9-5-4-8-12(16)7-3-2-6-10-21-14(17)18/h12-13H,2-10,16H2,1H3,(H4,17,18,21)(H4,19,20,22). The van der Waals surface area contributed by atoms with Crippen LogP contribution in [0, 0.1) is 10.8 Å². The van der Waals surface area contributed by atoms with Crippen molar-refractivity contribution in [3.8, 4) is 0 Å². The third kappa shape index (κ3) is 14.9. The second-order valence-corrected chi connectivity index (χ2v) is 5.89. The molecule has 0 aromatic rings. The SMILES string of the molecule is CC(=O)OC(CCCCC(N)CCCCCNC(=N)N)NC(=N)N. The molecular formula is C15H33N7O2. The van der Waals surface area contributed by atoms with Crippen LogP contribution in [-0.4, -0.2) is 36.7 Å². The number of unbranched alkanes of at least 4 members (excludes halogenated alkanes) is 3. The zero-order chi connectivity index (χ0) is 18.4. The fourth-order valence-corrected chi connectivity index (χ4v) is 2.35. The second-order valence-electron chi connectivity index (χ2n) is 5.89. The van der Waals surface area contributed by atoms with Gasteiger partial charge in [0.2, 0.25) is 0 Å². The molecule has 24 heavy (non-hydrogen) atoms. The summed E-state index contributed by atoms with van der Waals surface area (Å²) in [5.41, 5.74) is 16.6. The monoisotopic (exact) mass is 343 g/mol. The molecule has 9 nitrogen and oxygen atoms in total. The quantitative estimate of drug-likeness (QED) is 0.0826. The first-order valence-electron chi connectivity index (χ1n) is 8.42. The molecule has 0 saturated carbocycles. The van der Waals surface area contributed by atoms with Crippen LogP contribution < -0.4 is 27.8 Å². The predicted molar refractivity (Wildman–Crippen MR) is 95.4 cm³/mol. The first-order chi connectivity index (χ1) is 11.3. The van der Waals surface area contributed by atoms with Gasteiger partial charge in [-0.25, -0.2) is 0 Å². The molecule has 0 aliphatic carbocycles. The Bertz CT molecular complexity index is 374. The van der Waals surface area contributed by atoms with Crippen LogP contribution in [0.5, 0.6) is 0 Å². The third-order valence-electron chi connectivity index (χ3n) is 3.48. The van der Waals surface area contributed by atoms with E-state index in [-0.39, 0.29) is 18.0 Å². The number of hydrogen-bond acceptors (Lipinski definition) is 5. The van der Waals surface area contributed by atoms with E-state index in [1.807, 2.05) is 0 Å². The summed E-state index contributed by atoms with van der Waals surface area (Å²) in [4.78, 5) is 11.0. The van der Waals surface area contributed by atoms with Gasteiger partial charge in [-0.2, -0.15) is 0 Å². The molecule has 0 amide bonds. The summed E-state index contributed by atoms with van der Waals surface area (Å²) in [6.07, 6.45) is 6.81. The summed E-state index contributed by atoms with van der Waals surface area (Å²) in [6, 6.07) is 0.165. The minimum atomic E-state index is -0.551. The molecule has 0 heterocycles. The number of carbonyl (C=O) groups excluding carboxylic acids is 1. The number of nitrogens with one attached hydrogen (secondary N) is 4. The highest BCUT2D eigenvalue weighted by Crippen LogP contribution is 2.11. The normalized spacial score (nSPS) is 12.9. The van der Waals surface area contributed by atoms with E-state index in [4.69, 9.17) is 32.8 Å². The Labute approximate surface area is 144 Å². The maximum Gasteiger partial charge on any atom is 0.304 e. The van der Waals surface area contributed by atoms with E-state index in [1.165, 1.54) is 6.92 Å². The topological polar surface area (TPSA) is 176 Å². The molecule has 0 aromatic carbocycles. The van der Waals surface area contributed by atoms with E-state index in [2.05, 4.69) is 10.6 Å². The van der Waals surface area contributed by atoms with Crippen LogP contribution in [0.25, 0.3) is 0 Å². The lowest BCUT2D eigenvalue weighted by atomic mass is 10.0. The van der Waals surface area contributed by atoms with E-state index in [9.17, 15) is 4.79 Å². The van der Waals surface area contributed by atoms with Gasteiger partial charge < -0.3 is 32.6 Å². The molecule has 0 aliphatic rings. The third-order valence-corrected chi connectivity index (χ3v) is 3.48. The number of carbonyl (C=O) groups is 1. The average Bonchev–Trinajstić information content (AvgIpc) is 2.45. The van der Waals surface area contributed by atoms with Crippen LogP contribution in [0.1, 0.15) is 58.3 Å². The Morgan fingerprint density at radius 2 is 1.58 bits per heavy atom. The smallest absolute Gasteiger partial charge is 0.304 e. The van der Waals surface area contributed by atoms with Gasteiger partial charge in [-0.1, -0.05) is 19.3 Å². The molecule has 2 atom stereocenters. The first kappa shape index (κ1) is 22.0. The molecule has 0 aliphatic heterocycles. The van der Waals surface area contributed by atoms with Crippen molar-refractivity contribution in [1.29, 1.82) is 10.8 Å². The van der Waals surface area contributed by atoms with Crippen LogP contribution in [-0.2, 0) is 9.53 Å². The lowest BCUT2D eigenvalue weighted by Gasteiger charge is -2.18. The Kier molecular flexibility index (Phi) is 12.3. The van der Waals surface area contributed by atoms with Crippen molar-refractivity contribution in [2.45, 2.75) is 70.6 Å². The van der Waals surface area contributed by atoms with Gasteiger partial charge in [0.15, 0.2) is 18.1 Å². The molecule has 10 N–H and O–H groups in total. The predicted octanol–water partition coefficient (Wildman–Crippen LogP) is 0.290. The molecule has 9 heteroatoms. The van der Waals surface area contributed by atoms with Gasteiger partial charge in [0.05, 0.1) is 0 Å². The largest absolute Gasteiger partial charge is 0.442 e. The number of rotatable bonds is 13. The summed E-state index contributed by atoms with van der Waals surface area (Å²) >= 11 is 0. The first-order valence-corrected chi connectivity index (χ1v) is 8.42. The Morgan fingerprint density at radius 1 is 1.00 bits per heavy atom. The van der Waals surface area contributed by atoms with Crippen molar-refractivity contribution in [2.75, 3.05) is 6.54 Å². The van der Waals surface area contributed by atoms with Gasteiger partial charge in [-0.15, -0.1) is 0 Å². The number of guanidine groups is 2. The number of nitrogens with two attached hydrogens (primary N) is 3. The van der Waals surface area contributed by atoms with E-state index in [1.54, 1.807) is 0 Å². The van der Waals surface area contributed by atoms with Gasteiger partial charge in [0.25, 0.3) is 0 Å². The van der Waals surface area contributed by atoms with Crippen LogP contribution >= 0.6 is 0 Å². The van der Waals surface area contributed by atoms with Gasteiger partial charge in [-0.05, 0) is 25.7 Å². The molecule has 0 aromatic heterocycles. The molecule has 0 saturated heterocycles. The van der Waals surface area contributed by atoms with E-state index >= 15 is 0 Å². The van der Waals surface area contributed by atoms with Crippen LogP contribution in [0.15, 0.2) is 0 Å². The Balaban J connectivity index is 3.67. The Hall–Kier alpha value is -2.03. The van der Waals surface area contributed by atoms with E-state index in [0.29, 0.717) is 6.42 Å². The number of esters is 1. The highest BCUT2D eigenvalue weighted by atomic mass is 16.6. The van der Waals surface area contributed by atoms with Crippen LogP contribution in [0.3, 0.4) is 0 Å². The van der Waals surface area contributed by atoms with E-state index < -0.39 is 12.2 Å². The average molecular weight is 343 g/mol. The van der Waals surface area contributed by atoms with E-state index in [0.717, 1.165) is 51.5 Å². The van der Waals surface area contributed by atoms with Crippen LogP contribution in [0.2, 0.25) is 0 Å². The lowest BCUT2D eigenvalue weighted by molar-refractivity contribution is -0.147. The Morgan fingerprint density at radius 3 is 2.12 bits per heavy atom. The fraction of sp³-hybridized carbons (Fsp3) is 0.800. The molecule has 0 bridgehead atoms. The molecular weight excluding hydrogens is 310 g/mol. The summed E-state index contributed by atoms with van der Waals surface area (Å²) in [5, 5.41) is 19.6. The maximum absolute atomic E-state index is 11.0. The minimum Gasteiger partial charge on any atom is -0.442 e. The molecule has 0 fully saturated rings. The number of hydrogen-bond donors (Lipinski definition) is 7. The summed E-state index contributed by atoms with van der Waals surface area (Å²) in [7, 11) is 0. The minimum absolute atomic E-state index is 0.0121. The molecule has 0 rings (SSSR count). The molecule has 0 spiro atoms. The van der Waals surface area contributed by atoms with Crippen molar-refractivity contribution in [1.82, 2.24) is 10.6 Å². The highest BCUT2D eigenvalue weighted by molar-refractivity contribution is 5.75. The van der Waals surface area contributed by atoms with Gasteiger partial charge >= 0.3 is 5.97 Å². The van der Waals surface area contributed by atoms with Crippen molar-refractivity contribution >= 4 is 17.9 Å². The van der Waals surface area contributed by atoms with Crippen molar-refractivity contribution in [3.05, 3.63) is 0 Å². The molecule has 0 radical (unpaired) electrons. The van der Waals surface area contributed by atoms with Crippen molar-refractivity contribution < 1.29 is 9.53 Å². The van der Waals surface area contributed by atoms with Gasteiger partial charge in [0.1, 0.15) is 0 Å². The highest BCUT2D eigenvalue weighted by Gasteiger charge is 2.12. The van der Waals surface area contributed by atoms with Gasteiger partial charge in [-0.3, -0.25) is 15.6 Å². The van der Waals surface area contributed by atoms with Gasteiger partial charge in [0, 0.05) is 25.9 Å².